The SMILES string of the molecule is CCC(C)n1ccc(Cn2cc(Cl)c(N)n2)n1. The predicted molar refractivity (Wildman–Crippen MR) is 68.0 cm³/mol. The number of nitrogens with zero attached hydrogens (tertiary/aromatic N) is 4. The molecule has 0 aliphatic rings. The second kappa shape index (κ2) is 4.79. The molecule has 0 radical (unpaired) electrons. The Morgan fingerprint density at radius 3 is 2.82 bits per heavy atom. The van der Waals surface area contributed by atoms with Crippen LogP contribution in [0.1, 0.15) is 32.0 Å². The van der Waals surface area contributed by atoms with Crippen LogP contribution in [0.25, 0.3) is 0 Å². The molecular formula is C11H16ClN5. The van der Waals surface area contributed by atoms with Crippen LogP contribution in [0.3, 0.4) is 0 Å². The largest absolute Gasteiger partial charge is 0.381 e. The Balaban J connectivity index is 2.11. The fourth-order valence-electron chi connectivity index (χ4n) is 1.55. The maximum Gasteiger partial charge on any atom is 0.164 e. The first-order chi connectivity index (χ1) is 8.10. The predicted octanol–water partition coefficient (Wildman–Crippen LogP) is 2.33. The molecule has 17 heavy (non-hydrogen) atoms. The summed E-state index contributed by atoms with van der Waals surface area (Å²) in [4.78, 5) is 0. The van der Waals surface area contributed by atoms with Crippen molar-refractivity contribution in [2.45, 2.75) is 32.9 Å². The number of rotatable bonds is 4. The highest BCUT2D eigenvalue weighted by Gasteiger charge is 2.07. The van der Waals surface area contributed by atoms with Crippen molar-refractivity contribution in [1.82, 2.24) is 19.6 Å². The van der Waals surface area contributed by atoms with Gasteiger partial charge in [0.2, 0.25) is 0 Å². The summed E-state index contributed by atoms with van der Waals surface area (Å²) in [7, 11) is 0. The van der Waals surface area contributed by atoms with E-state index in [-0.39, 0.29) is 0 Å². The van der Waals surface area contributed by atoms with E-state index < -0.39 is 0 Å². The van der Waals surface area contributed by atoms with Crippen molar-refractivity contribution in [3.05, 3.63) is 29.2 Å². The van der Waals surface area contributed by atoms with Crippen LogP contribution in [0.5, 0.6) is 0 Å². The minimum Gasteiger partial charge on any atom is -0.381 e. The van der Waals surface area contributed by atoms with Gasteiger partial charge in [-0.1, -0.05) is 18.5 Å². The molecule has 6 heteroatoms. The first-order valence-electron chi connectivity index (χ1n) is 5.62. The van der Waals surface area contributed by atoms with Crippen molar-refractivity contribution in [2.75, 3.05) is 5.73 Å². The molecule has 2 heterocycles. The Morgan fingerprint density at radius 1 is 1.47 bits per heavy atom. The third-order valence-corrected chi connectivity index (χ3v) is 3.06. The Kier molecular flexibility index (Phi) is 3.38. The van der Waals surface area contributed by atoms with Crippen molar-refractivity contribution >= 4 is 17.4 Å². The van der Waals surface area contributed by atoms with E-state index in [4.69, 9.17) is 17.3 Å². The Hall–Kier alpha value is -1.49. The number of halogens is 1. The molecule has 2 aromatic heterocycles. The quantitative estimate of drug-likeness (QED) is 0.910. The molecule has 0 spiro atoms. The lowest BCUT2D eigenvalue weighted by Gasteiger charge is -2.08. The smallest absolute Gasteiger partial charge is 0.164 e. The highest BCUT2D eigenvalue weighted by molar-refractivity contribution is 6.32. The van der Waals surface area contributed by atoms with E-state index >= 15 is 0 Å². The minimum atomic E-state index is 0.355. The Bertz CT molecular complexity index is 482. The van der Waals surface area contributed by atoms with Gasteiger partial charge in [0.1, 0.15) is 5.02 Å². The van der Waals surface area contributed by atoms with Crippen LogP contribution in [-0.2, 0) is 6.54 Å². The zero-order chi connectivity index (χ0) is 12.4. The summed E-state index contributed by atoms with van der Waals surface area (Å²) < 4.78 is 3.66. The van der Waals surface area contributed by atoms with Gasteiger partial charge in [-0.2, -0.15) is 10.2 Å². The second-order valence-corrected chi connectivity index (χ2v) is 4.51. The zero-order valence-electron chi connectivity index (χ0n) is 9.97. The van der Waals surface area contributed by atoms with Crippen molar-refractivity contribution in [3.8, 4) is 0 Å². The van der Waals surface area contributed by atoms with Crippen LogP contribution in [-0.4, -0.2) is 19.6 Å². The van der Waals surface area contributed by atoms with E-state index in [1.54, 1.807) is 10.9 Å². The van der Waals surface area contributed by atoms with Gasteiger partial charge in [-0.05, 0) is 19.4 Å². The highest BCUT2D eigenvalue weighted by atomic mass is 35.5. The van der Waals surface area contributed by atoms with E-state index in [1.807, 2.05) is 16.9 Å². The molecule has 0 fully saturated rings. The molecule has 92 valence electrons. The van der Waals surface area contributed by atoms with Gasteiger partial charge in [0.05, 0.1) is 12.2 Å². The maximum atomic E-state index is 5.84. The number of aromatic nitrogens is 4. The molecule has 1 unspecified atom stereocenters. The van der Waals surface area contributed by atoms with Crippen LogP contribution >= 0.6 is 11.6 Å². The van der Waals surface area contributed by atoms with Gasteiger partial charge in [0.25, 0.3) is 0 Å². The van der Waals surface area contributed by atoms with E-state index in [9.17, 15) is 0 Å². The molecule has 2 rings (SSSR count). The summed E-state index contributed by atoms with van der Waals surface area (Å²) in [6.07, 6.45) is 4.75. The third-order valence-electron chi connectivity index (χ3n) is 2.77. The first-order valence-corrected chi connectivity index (χ1v) is 6.00. The standard InChI is InChI=1S/C11H16ClN5/c1-3-8(2)17-5-4-9(14-17)6-16-7-10(12)11(13)15-16/h4-5,7-8H,3,6H2,1-2H3,(H2,13,15). The molecule has 0 saturated carbocycles. The molecule has 0 saturated heterocycles. The third kappa shape index (κ3) is 2.61. The lowest BCUT2D eigenvalue weighted by molar-refractivity contribution is 0.471. The lowest BCUT2D eigenvalue weighted by Crippen LogP contribution is -2.07. The summed E-state index contributed by atoms with van der Waals surface area (Å²) in [6.45, 7) is 4.86. The number of nitrogen functional groups attached to an aromatic ring is 1. The van der Waals surface area contributed by atoms with Crippen LogP contribution in [0.2, 0.25) is 5.02 Å². The molecule has 0 aliphatic heterocycles. The van der Waals surface area contributed by atoms with E-state index in [2.05, 4.69) is 24.0 Å². The van der Waals surface area contributed by atoms with Gasteiger partial charge in [-0.3, -0.25) is 9.36 Å². The molecule has 2 aromatic rings. The number of hydrogen-bond donors (Lipinski definition) is 1. The molecule has 0 aliphatic carbocycles. The molecule has 0 amide bonds. The van der Waals surface area contributed by atoms with Crippen LogP contribution < -0.4 is 5.73 Å². The topological polar surface area (TPSA) is 61.7 Å². The second-order valence-electron chi connectivity index (χ2n) is 4.10. The van der Waals surface area contributed by atoms with E-state index in [0.717, 1.165) is 12.1 Å². The van der Waals surface area contributed by atoms with Crippen molar-refractivity contribution < 1.29 is 0 Å². The lowest BCUT2D eigenvalue weighted by atomic mass is 10.3. The summed E-state index contributed by atoms with van der Waals surface area (Å²) in [6, 6.07) is 2.40. The highest BCUT2D eigenvalue weighted by Crippen LogP contribution is 2.16. The van der Waals surface area contributed by atoms with Crippen LogP contribution in [0.15, 0.2) is 18.5 Å². The van der Waals surface area contributed by atoms with Crippen LogP contribution in [0.4, 0.5) is 5.82 Å². The van der Waals surface area contributed by atoms with Crippen LogP contribution in [0, 0.1) is 0 Å². The number of nitrogens with two attached hydrogens (primary N) is 1. The van der Waals surface area contributed by atoms with Crippen molar-refractivity contribution in [3.63, 3.8) is 0 Å². The first kappa shape index (κ1) is 12.0. The van der Waals surface area contributed by atoms with Gasteiger partial charge in [0, 0.05) is 18.4 Å². The maximum absolute atomic E-state index is 5.84. The van der Waals surface area contributed by atoms with E-state index in [0.29, 0.717) is 23.4 Å². The summed E-state index contributed by atoms with van der Waals surface area (Å²) >= 11 is 5.84. The molecule has 2 N–H and O–H groups in total. The summed E-state index contributed by atoms with van der Waals surface area (Å²) in [5.41, 5.74) is 6.53. The Morgan fingerprint density at radius 2 is 2.24 bits per heavy atom. The summed E-state index contributed by atoms with van der Waals surface area (Å²) in [5, 5.41) is 9.06. The van der Waals surface area contributed by atoms with Gasteiger partial charge in [-0.25, -0.2) is 0 Å². The van der Waals surface area contributed by atoms with Gasteiger partial charge < -0.3 is 5.73 Å². The van der Waals surface area contributed by atoms with E-state index in [1.165, 1.54) is 0 Å². The number of anilines is 1. The molecule has 1 atom stereocenters. The zero-order valence-corrected chi connectivity index (χ0v) is 10.7. The minimum absolute atomic E-state index is 0.355. The number of hydrogen-bond acceptors (Lipinski definition) is 3. The van der Waals surface area contributed by atoms with Gasteiger partial charge in [-0.15, -0.1) is 0 Å². The van der Waals surface area contributed by atoms with Gasteiger partial charge >= 0.3 is 0 Å². The van der Waals surface area contributed by atoms with Crippen molar-refractivity contribution in [2.24, 2.45) is 0 Å². The Labute approximate surface area is 105 Å². The average Bonchev–Trinajstić information content (AvgIpc) is 2.87. The molecule has 0 aromatic carbocycles. The van der Waals surface area contributed by atoms with Gasteiger partial charge in [0.15, 0.2) is 5.82 Å². The average molecular weight is 254 g/mol. The fourth-order valence-corrected chi connectivity index (χ4v) is 1.70. The monoisotopic (exact) mass is 253 g/mol. The molecule has 0 bridgehead atoms. The fraction of sp³-hybridized carbons (Fsp3) is 0.455. The summed E-state index contributed by atoms with van der Waals surface area (Å²) in [5.74, 6) is 0.355. The normalized spacial score (nSPS) is 12.9. The molecule has 5 nitrogen and oxygen atoms in total. The molecular weight excluding hydrogens is 238 g/mol. The van der Waals surface area contributed by atoms with Crippen molar-refractivity contribution in [1.29, 1.82) is 0 Å².